The number of carbonyl (C=O) groups excluding carboxylic acids is 1. The molecule has 1 aliphatic rings. The number of amides is 1. The summed E-state index contributed by atoms with van der Waals surface area (Å²) in [6.45, 7) is 5.35. The van der Waals surface area contributed by atoms with Gasteiger partial charge in [-0.05, 0) is 26.0 Å². The van der Waals surface area contributed by atoms with Crippen molar-refractivity contribution in [3.63, 3.8) is 0 Å². The molecule has 0 bridgehead atoms. The Kier molecular flexibility index (Phi) is 3.94. The average molecular weight is 302 g/mol. The molecule has 2 aromatic rings. The quantitative estimate of drug-likeness (QED) is 0.892. The second-order valence-electron chi connectivity index (χ2n) is 5.82. The molecule has 2 atom stereocenters. The third-order valence-electron chi connectivity index (χ3n) is 3.86. The second-order valence-corrected chi connectivity index (χ2v) is 5.82. The Morgan fingerprint density at radius 1 is 1.27 bits per heavy atom. The van der Waals surface area contributed by atoms with E-state index in [-0.39, 0.29) is 23.8 Å². The average Bonchev–Trinajstić information content (AvgIpc) is 2.95. The van der Waals surface area contributed by atoms with Gasteiger partial charge in [-0.15, -0.1) is 0 Å². The van der Waals surface area contributed by atoms with Crippen LogP contribution < -0.4 is 5.32 Å². The zero-order valence-electron chi connectivity index (χ0n) is 12.6. The summed E-state index contributed by atoms with van der Waals surface area (Å²) in [6, 6.07) is 6.84. The van der Waals surface area contributed by atoms with Crippen molar-refractivity contribution in [2.24, 2.45) is 0 Å². The Morgan fingerprint density at radius 2 is 1.95 bits per heavy atom. The number of aromatic nitrogens is 2. The fourth-order valence-corrected chi connectivity index (χ4v) is 2.98. The van der Waals surface area contributed by atoms with Crippen LogP contribution in [0, 0.1) is 5.82 Å². The summed E-state index contributed by atoms with van der Waals surface area (Å²) in [5, 5.41) is 10.1. The zero-order chi connectivity index (χ0) is 15.7. The first-order chi connectivity index (χ1) is 10.6. The summed E-state index contributed by atoms with van der Waals surface area (Å²) in [5.41, 5.74) is 1.20. The maximum absolute atomic E-state index is 14.0. The topological polar surface area (TPSA) is 61.0 Å². The third-order valence-corrected chi connectivity index (χ3v) is 3.86. The minimum absolute atomic E-state index is 0.118. The maximum Gasteiger partial charge on any atom is 0.257 e. The van der Waals surface area contributed by atoms with Crippen molar-refractivity contribution >= 4 is 5.91 Å². The molecule has 2 heterocycles. The van der Waals surface area contributed by atoms with Crippen molar-refractivity contribution in [2.75, 3.05) is 13.1 Å². The van der Waals surface area contributed by atoms with Gasteiger partial charge in [-0.25, -0.2) is 4.39 Å². The molecule has 1 amide bonds. The van der Waals surface area contributed by atoms with Crippen LogP contribution in [-0.2, 0) is 0 Å². The molecule has 1 saturated heterocycles. The van der Waals surface area contributed by atoms with Crippen molar-refractivity contribution < 1.29 is 9.18 Å². The lowest BCUT2D eigenvalue weighted by Crippen LogP contribution is -2.55. The van der Waals surface area contributed by atoms with E-state index in [2.05, 4.69) is 15.5 Å². The van der Waals surface area contributed by atoms with Crippen LogP contribution in [0.15, 0.2) is 30.5 Å². The number of hydrogen-bond donors (Lipinski definition) is 2. The van der Waals surface area contributed by atoms with E-state index in [9.17, 15) is 9.18 Å². The first-order valence-electron chi connectivity index (χ1n) is 7.40. The Balaban J connectivity index is 1.92. The van der Waals surface area contributed by atoms with Gasteiger partial charge in [0.2, 0.25) is 0 Å². The van der Waals surface area contributed by atoms with Gasteiger partial charge < -0.3 is 10.2 Å². The van der Waals surface area contributed by atoms with Crippen LogP contribution >= 0.6 is 0 Å². The highest BCUT2D eigenvalue weighted by Gasteiger charge is 2.28. The molecular weight excluding hydrogens is 283 g/mol. The number of H-pyrrole nitrogens is 1. The molecule has 5 nitrogen and oxygen atoms in total. The highest BCUT2D eigenvalue weighted by molar-refractivity contribution is 5.99. The van der Waals surface area contributed by atoms with Crippen molar-refractivity contribution in [3.8, 4) is 11.3 Å². The largest absolute Gasteiger partial charge is 0.335 e. The van der Waals surface area contributed by atoms with Gasteiger partial charge in [0.15, 0.2) is 0 Å². The number of carbonyl (C=O) groups is 1. The lowest BCUT2D eigenvalue weighted by atomic mass is 10.1. The summed E-state index contributed by atoms with van der Waals surface area (Å²) in [4.78, 5) is 14.6. The molecular formula is C16H19FN4O. The van der Waals surface area contributed by atoms with Crippen molar-refractivity contribution in [3.05, 3.63) is 41.8 Å². The molecule has 2 N–H and O–H groups in total. The molecule has 22 heavy (non-hydrogen) atoms. The van der Waals surface area contributed by atoms with Gasteiger partial charge >= 0.3 is 0 Å². The van der Waals surface area contributed by atoms with Gasteiger partial charge in [-0.3, -0.25) is 9.89 Å². The Bertz CT molecular complexity index is 674. The van der Waals surface area contributed by atoms with E-state index in [0.717, 1.165) is 0 Å². The predicted molar refractivity (Wildman–Crippen MR) is 81.9 cm³/mol. The summed E-state index contributed by atoms with van der Waals surface area (Å²) in [5.74, 6) is -0.491. The van der Waals surface area contributed by atoms with Crippen molar-refractivity contribution in [1.82, 2.24) is 20.4 Å². The Labute approximate surface area is 128 Å². The number of piperazine rings is 1. The molecule has 0 saturated carbocycles. The van der Waals surface area contributed by atoms with Crippen LogP contribution in [-0.4, -0.2) is 46.2 Å². The standard InChI is InChI=1S/C16H19FN4O/c1-10-8-21(9-11(2)19-10)16(22)13-7-18-20-15(13)12-5-3-4-6-14(12)17/h3-7,10-11,19H,8-9H2,1-2H3,(H,18,20)/t10-,11-/m0/s1. The number of halogens is 1. The van der Waals surface area contributed by atoms with Gasteiger partial charge in [-0.2, -0.15) is 5.10 Å². The molecule has 0 spiro atoms. The molecule has 0 aliphatic carbocycles. The lowest BCUT2D eigenvalue weighted by molar-refractivity contribution is 0.0674. The molecule has 1 aromatic carbocycles. The van der Waals surface area contributed by atoms with E-state index in [1.807, 2.05) is 13.8 Å². The second kappa shape index (κ2) is 5.88. The lowest BCUT2D eigenvalue weighted by Gasteiger charge is -2.36. The van der Waals surface area contributed by atoms with E-state index in [1.165, 1.54) is 12.3 Å². The number of nitrogens with zero attached hydrogens (tertiary/aromatic N) is 2. The van der Waals surface area contributed by atoms with E-state index < -0.39 is 0 Å². The number of aromatic amines is 1. The van der Waals surface area contributed by atoms with Crippen LogP contribution in [0.25, 0.3) is 11.3 Å². The minimum atomic E-state index is -0.372. The number of hydrogen-bond acceptors (Lipinski definition) is 3. The smallest absolute Gasteiger partial charge is 0.257 e. The first kappa shape index (κ1) is 14.7. The van der Waals surface area contributed by atoms with Gasteiger partial charge in [0.25, 0.3) is 5.91 Å². The third kappa shape index (κ3) is 2.74. The van der Waals surface area contributed by atoms with Gasteiger partial charge in [0.05, 0.1) is 17.5 Å². The monoisotopic (exact) mass is 302 g/mol. The van der Waals surface area contributed by atoms with Crippen molar-refractivity contribution in [1.29, 1.82) is 0 Å². The van der Waals surface area contributed by atoms with Crippen LogP contribution in [0.4, 0.5) is 4.39 Å². The molecule has 0 unspecified atom stereocenters. The molecule has 3 rings (SSSR count). The highest BCUT2D eigenvalue weighted by Crippen LogP contribution is 2.25. The van der Waals surface area contributed by atoms with E-state index >= 15 is 0 Å². The molecule has 1 aromatic heterocycles. The van der Waals surface area contributed by atoms with Gasteiger partial charge in [-0.1, -0.05) is 12.1 Å². The van der Waals surface area contributed by atoms with Crippen molar-refractivity contribution in [2.45, 2.75) is 25.9 Å². The van der Waals surface area contributed by atoms with Gasteiger partial charge in [0.1, 0.15) is 5.82 Å². The van der Waals surface area contributed by atoms with Crippen LogP contribution in [0.3, 0.4) is 0 Å². The normalized spacial score (nSPS) is 21.9. The van der Waals surface area contributed by atoms with Gasteiger partial charge in [0, 0.05) is 30.7 Å². The zero-order valence-corrected chi connectivity index (χ0v) is 12.6. The first-order valence-corrected chi connectivity index (χ1v) is 7.40. The summed E-state index contributed by atoms with van der Waals surface area (Å²) < 4.78 is 14.0. The molecule has 6 heteroatoms. The summed E-state index contributed by atoms with van der Waals surface area (Å²) in [7, 11) is 0. The Morgan fingerprint density at radius 3 is 2.64 bits per heavy atom. The van der Waals surface area contributed by atoms with Crippen LogP contribution in [0.2, 0.25) is 0 Å². The molecule has 1 fully saturated rings. The predicted octanol–water partition coefficient (Wildman–Crippen LogP) is 2.04. The van der Waals surface area contributed by atoms with E-state index in [1.54, 1.807) is 23.1 Å². The fraction of sp³-hybridized carbons (Fsp3) is 0.375. The highest BCUT2D eigenvalue weighted by atomic mass is 19.1. The van der Waals surface area contributed by atoms with E-state index in [0.29, 0.717) is 29.9 Å². The number of benzene rings is 1. The minimum Gasteiger partial charge on any atom is -0.335 e. The Hall–Kier alpha value is -2.21. The van der Waals surface area contributed by atoms with Crippen LogP contribution in [0.1, 0.15) is 24.2 Å². The molecule has 1 aliphatic heterocycles. The number of nitrogens with one attached hydrogen (secondary N) is 2. The summed E-state index contributed by atoms with van der Waals surface area (Å²) in [6.07, 6.45) is 1.47. The number of rotatable bonds is 2. The fourth-order valence-electron chi connectivity index (χ4n) is 2.98. The SMILES string of the molecule is C[C@H]1CN(C(=O)c2cn[nH]c2-c2ccccc2F)C[C@H](C)N1. The van der Waals surface area contributed by atoms with Crippen LogP contribution in [0.5, 0.6) is 0 Å². The van der Waals surface area contributed by atoms with E-state index in [4.69, 9.17) is 0 Å². The molecule has 0 radical (unpaired) electrons. The summed E-state index contributed by atoms with van der Waals surface area (Å²) >= 11 is 0. The molecule has 116 valence electrons. The maximum atomic E-state index is 14.0.